The molecular formula is C19H15ClFNO4. The molecule has 0 fully saturated rings. The number of fused-ring (bicyclic) bond motifs is 1. The number of furan rings is 1. The fraction of sp³-hybridized carbons (Fsp3) is 0.158. The molecule has 1 atom stereocenters. The van der Waals surface area contributed by atoms with E-state index in [1.54, 1.807) is 6.92 Å². The van der Waals surface area contributed by atoms with E-state index in [4.69, 9.17) is 20.8 Å². The molecule has 0 aliphatic rings. The first kappa shape index (κ1) is 17.9. The molecule has 0 saturated heterocycles. The summed E-state index contributed by atoms with van der Waals surface area (Å²) in [7, 11) is 0. The Balaban J connectivity index is 1.59. The molecule has 1 heterocycles. The second kappa shape index (κ2) is 7.58. The molecule has 0 aliphatic carbocycles. The summed E-state index contributed by atoms with van der Waals surface area (Å²) < 4.78 is 24.2. The van der Waals surface area contributed by atoms with Crippen LogP contribution in [0.3, 0.4) is 0 Å². The summed E-state index contributed by atoms with van der Waals surface area (Å²) in [5, 5.41) is 3.50. The second-order valence-electron chi connectivity index (χ2n) is 5.65. The van der Waals surface area contributed by atoms with Crippen LogP contribution in [0.4, 0.5) is 4.39 Å². The van der Waals surface area contributed by atoms with Crippen molar-refractivity contribution in [3.8, 4) is 0 Å². The van der Waals surface area contributed by atoms with Gasteiger partial charge < -0.3 is 14.5 Å². The predicted molar refractivity (Wildman–Crippen MR) is 94.5 cm³/mol. The van der Waals surface area contributed by atoms with Crippen LogP contribution in [0.5, 0.6) is 0 Å². The molecule has 0 unspecified atom stereocenters. The van der Waals surface area contributed by atoms with Gasteiger partial charge in [-0.2, -0.15) is 0 Å². The molecule has 0 radical (unpaired) electrons. The summed E-state index contributed by atoms with van der Waals surface area (Å²) in [6.45, 7) is 1.18. The van der Waals surface area contributed by atoms with Crippen LogP contribution in [-0.2, 0) is 9.53 Å². The summed E-state index contributed by atoms with van der Waals surface area (Å²) in [6, 6.07) is 12.7. The van der Waals surface area contributed by atoms with Crippen LogP contribution in [0.25, 0.3) is 11.0 Å². The Morgan fingerprint density at radius 3 is 2.73 bits per heavy atom. The Hall–Kier alpha value is -2.86. The van der Waals surface area contributed by atoms with E-state index >= 15 is 0 Å². The highest BCUT2D eigenvalue weighted by Gasteiger charge is 2.20. The molecule has 0 aliphatic heterocycles. The summed E-state index contributed by atoms with van der Waals surface area (Å²) >= 11 is 5.79. The lowest BCUT2D eigenvalue weighted by atomic mass is 10.2. The Labute approximate surface area is 153 Å². The topological polar surface area (TPSA) is 68.5 Å². The number of amides is 1. The molecule has 7 heteroatoms. The lowest BCUT2D eigenvalue weighted by Crippen LogP contribution is -2.31. The highest BCUT2D eigenvalue weighted by molar-refractivity contribution is 6.33. The van der Waals surface area contributed by atoms with Crippen molar-refractivity contribution in [3.05, 3.63) is 70.7 Å². The molecular weight excluding hydrogens is 361 g/mol. The number of hydrogen-bond acceptors (Lipinski definition) is 4. The first-order valence-electron chi connectivity index (χ1n) is 7.84. The number of carbonyl (C=O) groups excluding carboxylic acids is 2. The largest absolute Gasteiger partial charge is 0.459 e. The molecule has 5 nitrogen and oxygen atoms in total. The Bertz CT molecular complexity index is 916. The van der Waals surface area contributed by atoms with E-state index in [9.17, 15) is 14.0 Å². The van der Waals surface area contributed by atoms with Crippen molar-refractivity contribution in [1.82, 2.24) is 5.32 Å². The zero-order valence-electron chi connectivity index (χ0n) is 13.8. The van der Waals surface area contributed by atoms with Crippen LogP contribution in [0.2, 0.25) is 5.02 Å². The molecule has 0 saturated carbocycles. The molecule has 3 rings (SSSR count). The van der Waals surface area contributed by atoms with Crippen LogP contribution in [0, 0.1) is 5.82 Å². The summed E-state index contributed by atoms with van der Waals surface area (Å²) in [6.07, 6.45) is 0. The Morgan fingerprint density at radius 2 is 2.00 bits per heavy atom. The fourth-order valence-electron chi connectivity index (χ4n) is 2.47. The molecule has 2 aromatic carbocycles. The van der Waals surface area contributed by atoms with Crippen molar-refractivity contribution >= 4 is 34.4 Å². The Kier molecular flexibility index (Phi) is 5.23. The fourth-order valence-corrected chi connectivity index (χ4v) is 2.71. The van der Waals surface area contributed by atoms with E-state index in [2.05, 4.69) is 5.32 Å². The van der Waals surface area contributed by atoms with Crippen LogP contribution in [0.15, 0.2) is 52.9 Å². The van der Waals surface area contributed by atoms with Gasteiger partial charge in [-0.25, -0.2) is 9.18 Å². The van der Waals surface area contributed by atoms with Gasteiger partial charge in [-0.05, 0) is 31.2 Å². The number of benzene rings is 2. The van der Waals surface area contributed by atoms with Gasteiger partial charge in [0.2, 0.25) is 0 Å². The Morgan fingerprint density at radius 1 is 1.23 bits per heavy atom. The van der Waals surface area contributed by atoms with Gasteiger partial charge in [-0.15, -0.1) is 0 Å². The maximum Gasteiger partial charge on any atom is 0.343 e. The first-order valence-corrected chi connectivity index (χ1v) is 8.22. The van der Waals surface area contributed by atoms with E-state index in [1.807, 2.05) is 30.3 Å². The van der Waals surface area contributed by atoms with Gasteiger partial charge in [-0.1, -0.05) is 35.9 Å². The maximum atomic E-state index is 13.7. The van der Waals surface area contributed by atoms with Gasteiger partial charge in [0.05, 0.1) is 11.1 Å². The number of halogens is 2. The molecule has 1 amide bonds. The monoisotopic (exact) mass is 375 g/mol. The van der Waals surface area contributed by atoms with Crippen molar-refractivity contribution in [1.29, 1.82) is 0 Å². The van der Waals surface area contributed by atoms with E-state index in [0.29, 0.717) is 11.3 Å². The van der Waals surface area contributed by atoms with E-state index in [0.717, 1.165) is 11.5 Å². The zero-order chi connectivity index (χ0) is 18.7. The molecule has 3 aromatic rings. The van der Waals surface area contributed by atoms with Crippen molar-refractivity contribution < 1.29 is 23.1 Å². The normalized spacial score (nSPS) is 12.0. The number of carbonyl (C=O) groups is 2. The van der Waals surface area contributed by atoms with Gasteiger partial charge >= 0.3 is 5.97 Å². The quantitative estimate of drug-likeness (QED) is 0.676. The van der Waals surface area contributed by atoms with Crippen LogP contribution >= 0.6 is 11.6 Å². The first-order chi connectivity index (χ1) is 12.5. The predicted octanol–water partition coefficient (Wildman–Crippen LogP) is 4.26. The summed E-state index contributed by atoms with van der Waals surface area (Å²) in [4.78, 5) is 23.9. The standard InChI is InChI=1S/C19H15ClFNO4/c1-11(16-9-12-5-2-3-8-15(12)26-16)22-17(23)10-25-19(24)18-13(20)6-4-7-14(18)21/h2-9,11H,10H2,1H3,(H,22,23)/t11-/m0/s1. The minimum Gasteiger partial charge on any atom is -0.459 e. The van der Waals surface area contributed by atoms with Crippen molar-refractivity contribution in [2.24, 2.45) is 0 Å². The minimum atomic E-state index is -1.00. The third-order valence-electron chi connectivity index (χ3n) is 3.75. The van der Waals surface area contributed by atoms with Gasteiger partial charge in [-0.3, -0.25) is 4.79 Å². The number of esters is 1. The zero-order valence-corrected chi connectivity index (χ0v) is 14.5. The van der Waals surface area contributed by atoms with Crippen LogP contribution < -0.4 is 5.32 Å². The molecule has 134 valence electrons. The van der Waals surface area contributed by atoms with E-state index in [-0.39, 0.29) is 5.02 Å². The van der Waals surface area contributed by atoms with Crippen molar-refractivity contribution in [3.63, 3.8) is 0 Å². The second-order valence-corrected chi connectivity index (χ2v) is 6.06. The van der Waals surface area contributed by atoms with E-state index in [1.165, 1.54) is 12.1 Å². The highest BCUT2D eigenvalue weighted by Crippen LogP contribution is 2.23. The van der Waals surface area contributed by atoms with Crippen molar-refractivity contribution in [2.75, 3.05) is 6.61 Å². The molecule has 0 spiro atoms. The molecule has 1 N–H and O–H groups in total. The van der Waals surface area contributed by atoms with Crippen molar-refractivity contribution in [2.45, 2.75) is 13.0 Å². The van der Waals surface area contributed by atoms with Gasteiger partial charge in [0, 0.05) is 5.39 Å². The molecule has 26 heavy (non-hydrogen) atoms. The average Bonchev–Trinajstić information content (AvgIpc) is 3.04. The third-order valence-corrected chi connectivity index (χ3v) is 4.07. The van der Waals surface area contributed by atoms with Gasteiger partial charge in [0.25, 0.3) is 5.91 Å². The SMILES string of the molecule is C[C@H](NC(=O)COC(=O)c1c(F)cccc1Cl)c1cc2ccccc2o1. The average molecular weight is 376 g/mol. The number of rotatable bonds is 5. The number of hydrogen-bond donors (Lipinski definition) is 1. The molecule has 0 bridgehead atoms. The number of ether oxygens (including phenoxy) is 1. The number of nitrogens with one attached hydrogen (secondary N) is 1. The number of para-hydroxylation sites is 1. The minimum absolute atomic E-state index is 0.0777. The van der Waals surface area contributed by atoms with E-state index < -0.39 is 35.9 Å². The summed E-state index contributed by atoms with van der Waals surface area (Å²) in [5.74, 6) is -1.78. The molecule has 1 aromatic heterocycles. The lowest BCUT2D eigenvalue weighted by Gasteiger charge is -2.12. The third kappa shape index (κ3) is 3.86. The van der Waals surface area contributed by atoms with Crippen LogP contribution in [-0.4, -0.2) is 18.5 Å². The smallest absolute Gasteiger partial charge is 0.343 e. The highest BCUT2D eigenvalue weighted by atomic mass is 35.5. The van der Waals surface area contributed by atoms with Gasteiger partial charge in [0.15, 0.2) is 6.61 Å². The van der Waals surface area contributed by atoms with Crippen LogP contribution in [0.1, 0.15) is 29.1 Å². The maximum absolute atomic E-state index is 13.7. The lowest BCUT2D eigenvalue weighted by molar-refractivity contribution is -0.125. The van der Waals surface area contributed by atoms with Gasteiger partial charge in [0.1, 0.15) is 22.7 Å². The summed E-state index contributed by atoms with van der Waals surface area (Å²) in [5.41, 5.74) is 0.316.